The summed E-state index contributed by atoms with van der Waals surface area (Å²) in [5, 5.41) is 1.35. The quantitative estimate of drug-likeness (QED) is 0.724. The molecule has 0 aliphatic carbocycles. The van der Waals surface area contributed by atoms with Crippen LogP contribution in [-0.2, 0) is 0 Å². The highest BCUT2D eigenvalue weighted by Crippen LogP contribution is 2.22. The first-order chi connectivity index (χ1) is 9.72. The van der Waals surface area contributed by atoms with Gasteiger partial charge in [-0.15, -0.1) is 0 Å². The summed E-state index contributed by atoms with van der Waals surface area (Å²) in [5.74, 6) is 0.0375. The van der Waals surface area contributed by atoms with Gasteiger partial charge in [0.15, 0.2) is 5.76 Å². The molecule has 3 aromatic rings. The molecule has 7 heteroatoms. The van der Waals surface area contributed by atoms with Gasteiger partial charge >= 0.3 is 5.91 Å². The van der Waals surface area contributed by atoms with Crippen LogP contribution in [0, 0.1) is 0 Å². The number of anilines is 1. The van der Waals surface area contributed by atoms with Gasteiger partial charge in [-0.3, -0.25) is 15.6 Å². The van der Waals surface area contributed by atoms with Crippen molar-refractivity contribution in [2.24, 2.45) is 0 Å². The van der Waals surface area contributed by atoms with Crippen LogP contribution in [0.3, 0.4) is 0 Å². The van der Waals surface area contributed by atoms with Crippen LogP contribution in [0.15, 0.2) is 47.1 Å². The first-order valence-corrected chi connectivity index (χ1v) is 6.12. The second kappa shape index (κ2) is 5.18. The number of halogens is 1. The lowest BCUT2D eigenvalue weighted by atomic mass is 10.2. The van der Waals surface area contributed by atoms with Crippen molar-refractivity contribution >= 4 is 34.4 Å². The topological polar surface area (TPSA) is 80.0 Å². The van der Waals surface area contributed by atoms with Crippen molar-refractivity contribution in [1.82, 2.24) is 15.4 Å². The van der Waals surface area contributed by atoms with E-state index in [0.717, 1.165) is 5.39 Å². The number of carbonyl (C=O) groups is 1. The van der Waals surface area contributed by atoms with E-state index in [1.165, 1.54) is 0 Å². The summed E-state index contributed by atoms with van der Waals surface area (Å²) in [7, 11) is 0. The maximum Gasteiger partial charge on any atom is 0.305 e. The molecule has 0 spiro atoms. The molecule has 0 saturated heterocycles. The third-order valence-corrected chi connectivity index (χ3v) is 2.79. The Balaban J connectivity index is 1.75. The molecule has 0 bridgehead atoms. The molecule has 0 aliphatic heterocycles. The number of hydrogen-bond acceptors (Lipinski definition) is 5. The number of hydrazine groups is 1. The lowest BCUT2D eigenvalue weighted by Crippen LogP contribution is -2.29. The number of amides is 1. The van der Waals surface area contributed by atoms with Crippen LogP contribution in [0.2, 0.25) is 5.02 Å². The van der Waals surface area contributed by atoms with Crippen LogP contribution >= 0.6 is 11.6 Å². The lowest BCUT2D eigenvalue weighted by molar-refractivity contribution is 0.0937. The van der Waals surface area contributed by atoms with Gasteiger partial charge in [0.1, 0.15) is 5.58 Å². The number of fused-ring (bicyclic) bond motifs is 1. The van der Waals surface area contributed by atoms with Gasteiger partial charge < -0.3 is 4.42 Å². The van der Waals surface area contributed by atoms with E-state index in [1.54, 1.807) is 42.7 Å². The second-order valence-corrected chi connectivity index (χ2v) is 4.38. The normalized spacial score (nSPS) is 10.4. The van der Waals surface area contributed by atoms with Gasteiger partial charge in [0.2, 0.25) is 5.95 Å². The van der Waals surface area contributed by atoms with Crippen LogP contribution in [0.25, 0.3) is 11.0 Å². The summed E-state index contributed by atoms with van der Waals surface area (Å²) < 4.78 is 5.42. The number of benzene rings is 1. The standard InChI is InChI=1S/C13H9ClN4O2/c14-9-2-3-10-8(6-9)7-11(20-10)12(19)17-18-13-15-4-1-5-16-13/h1-7H,(H,17,19)(H,15,16,18). The number of furan rings is 1. The van der Waals surface area contributed by atoms with Crippen LogP contribution in [0.1, 0.15) is 10.6 Å². The zero-order valence-electron chi connectivity index (χ0n) is 10.1. The van der Waals surface area contributed by atoms with E-state index in [2.05, 4.69) is 20.8 Å². The van der Waals surface area contributed by atoms with Crippen LogP contribution in [-0.4, -0.2) is 15.9 Å². The minimum Gasteiger partial charge on any atom is -0.451 e. The van der Waals surface area contributed by atoms with Crippen molar-refractivity contribution < 1.29 is 9.21 Å². The van der Waals surface area contributed by atoms with E-state index in [1.807, 2.05) is 0 Å². The molecule has 1 amide bonds. The van der Waals surface area contributed by atoms with E-state index in [-0.39, 0.29) is 5.76 Å². The Bertz CT molecular complexity index is 757. The number of carbonyl (C=O) groups excluding carboxylic acids is 1. The molecule has 100 valence electrons. The van der Waals surface area contributed by atoms with E-state index < -0.39 is 5.91 Å². The molecule has 0 fully saturated rings. The van der Waals surface area contributed by atoms with Crippen LogP contribution < -0.4 is 10.9 Å². The van der Waals surface area contributed by atoms with Crippen molar-refractivity contribution in [3.8, 4) is 0 Å². The second-order valence-electron chi connectivity index (χ2n) is 3.94. The van der Waals surface area contributed by atoms with Gasteiger partial charge in [-0.2, -0.15) is 0 Å². The van der Waals surface area contributed by atoms with Crippen molar-refractivity contribution in [3.05, 3.63) is 53.5 Å². The minimum absolute atomic E-state index is 0.172. The summed E-state index contributed by atoms with van der Waals surface area (Å²) in [5.41, 5.74) is 5.63. The highest BCUT2D eigenvalue weighted by Gasteiger charge is 2.12. The zero-order chi connectivity index (χ0) is 13.9. The SMILES string of the molecule is O=C(NNc1ncccn1)c1cc2cc(Cl)ccc2o1. The predicted octanol–water partition coefficient (Wildman–Crippen LogP) is 2.63. The Kier molecular flexibility index (Phi) is 3.22. The molecule has 0 unspecified atom stereocenters. The third-order valence-electron chi connectivity index (χ3n) is 2.56. The van der Waals surface area contributed by atoms with E-state index in [0.29, 0.717) is 16.6 Å². The first-order valence-electron chi connectivity index (χ1n) is 5.75. The predicted molar refractivity (Wildman–Crippen MR) is 74.3 cm³/mol. The molecule has 0 aliphatic rings. The lowest BCUT2D eigenvalue weighted by Gasteiger charge is -2.03. The van der Waals surface area contributed by atoms with Crippen LogP contribution in [0.4, 0.5) is 5.95 Å². The Morgan fingerprint density at radius 2 is 2.00 bits per heavy atom. The summed E-state index contributed by atoms with van der Waals surface area (Å²) in [6.07, 6.45) is 3.12. The number of rotatable bonds is 3. The van der Waals surface area contributed by atoms with Gasteiger partial charge in [-0.05, 0) is 30.3 Å². The van der Waals surface area contributed by atoms with E-state index >= 15 is 0 Å². The molecular weight excluding hydrogens is 280 g/mol. The monoisotopic (exact) mass is 288 g/mol. The van der Waals surface area contributed by atoms with Gasteiger partial charge in [0, 0.05) is 22.8 Å². The zero-order valence-corrected chi connectivity index (χ0v) is 10.9. The van der Waals surface area contributed by atoms with Gasteiger partial charge in [-0.25, -0.2) is 9.97 Å². The molecule has 2 heterocycles. The summed E-state index contributed by atoms with van der Waals surface area (Å²) >= 11 is 5.88. The minimum atomic E-state index is -0.426. The van der Waals surface area contributed by atoms with Crippen molar-refractivity contribution in [3.63, 3.8) is 0 Å². The maximum atomic E-state index is 11.9. The molecular formula is C13H9ClN4O2. The smallest absolute Gasteiger partial charge is 0.305 e. The Hall–Kier alpha value is -2.60. The largest absolute Gasteiger partial charge is 0.451 e. The van der Waals surface area contributed by atoms with Gasteiger partial charge in [-0.1, -0.05) is 11.6 Å². The van der Waals surface area contributed by atoms with Crippen molar-refractivity contribution in [1.29, 1.82) is 0 Å². The Labute approximate surface area is 118 Å². The molecule has 1 aromatic carbocycles. The number of hydrogen-bond donors (Lipinski definition) is 2. The number of nitrogens with one attached hydrogen (secondary N) is 2. The number of aromatic nitrogens is 2. The third kappa shape index (κ3) is 2.55. The fraction of sp³-hybridized carbons (Fsp3) is 0. The average molecular weight is 289 g/mol. The molecule has 6 nitrogen and oxygen atoms in total. The first kappa shape index (κ1) is 12.4. The number of nitrogens with zero attached hydrogens (tertiary/aromatic N) is 2. The van der Waals surface area contributed by atoms with Crippen molar-refractivity contribution in [2.45, 2.75) is 0 Å². The molecule has 0 radical (unpaired) electrons. The summed E-state index contributed by atoms with van der Waals surface area (Å²) in [6, 6.07) is 8.43. The van der Waals surface area contributed by atoms with Gasteiger partial charge in [0.25, 0.3) is 0 Å². The highest BCUT2D eigenvalue weighted by atomic mass is 35.5. The Morgan fingerprint density at radius 1 is 1.20 bits per heavy atom. The fourth-order valence-electron chi connectivity index (χ4n) is 1.66. The molecule has 0 atom stereocenters. The molecule has 2 N–H and O–H groups in total. The van der Waals surface area contributed by atoms with E-state index in [9.17, 15) is 4.79 Å². The summed E-state index contributed by atoms with van der Waals surface area (Å²) in [6.45, 7) is 0. The van der Waals surface area contributed by atoms with Crippen LogP contribution in [0.5, 0.6) is 0 Å². The maximum absolute atomic E-state index is 11.9. The van der Waals surface area contributed by atoms with Gasteiger partial charge in [0.05, 0.1) is 0 Å². The molecule has 0 saturated carbocycles. The van der Waals surface area contributed by atoms with E-state index in [4.69, 9.17) is 16.0 Å². The highest BCUT2D eigenvalue weighted by molar-refractivity contribution is 6.31. The van der Waals surface area contributed by atoms with Crippen molar-refractivity contribution in [2.75, 3.05) is 5.43 Å². The molecule has 20 heavy (non-hydrogen) atoms. The molecule has 3 rings (SSSR count). The average Bonchev–Trinajstić information content (AvgIpc) is 2.89. The Morgan fingerprint density at radius 3 is 2.80 bits per heavy atom. The molecule has 2 aromatic heterocycles. The summed E-state index contributed by atoms with van der Waals surface area (Å²) in [4.78, 5) is 19.7. The fourth-order valence-corrected chi connectivity index (χ4v) is 1.84.